The average Bonchev–Trinajstić information content (AvgIpc) is 3.40. The van der Waals surface area contributed by atoms with Crippen molar-refractivity contribution in [2.24, 2.45) is 0 Å². The van der Waals surface area contributed by atoms with E-state index in [-0.39, 0.29) is 0 Å². The van der Waals surface area contributed by atoms with Crippen LogP contribution in [0.4, 0.5) is 0 Å². The molecular formula is C20H28N2O2. The van der Waals surface area contributed by atoms with Crippen LogP contribution in [0.3, 0.4) is 0 Å². The van der Waals surface area contributed by atoms with E-state index in [0.29, 0.717) is 12.1 Å². The van der Waals surface area contributed by atoms with E-state index in [2.05, 4.69) is 34.5 Å². The van der Waals surface area contributed by atoms with Crippen molar-refractivity contribution in [2.75, 3.05) is 33.4 Å². The van der Waals surface area contributed by atoms with Crippen LogP contribution in [0.1, 0.15) is 37.3 Å². The van der Waals surface area contributed by atoms with Gasteiger partial charge in [-0.1, -0.05) is 18.2 Å². The lowest BCUT2D eigenvalue weighted by Crippen LogP contribution is -2.38. The lowest BCUT2D eigenvalue weighted by Gasteiger charge is -2.30. The smallest absolute Gasteiger partial charge is 0.119 e. The first kappa shape index (κ1) is 16.1. The van der Waals surface area contributed by atoms with Crippen molar-refractivity contribution in [3.8, 4) is 5.75 Å². The maximum atomic E-state index is 5.57. The van der Waals surface area contributed by atoms with E-state index in [1.807, 2.05) is 6.07 Å². The Hall–Kier alpha value is -1.36. The van der Waals surface area contributed by atoms with Gasteiger partial charge in [0.25, 0.3) is 0 Å². The molecule has 130 valence electrons. The number of benzene rings is 1. The zero-order chi connectivity index (χ0) is 16.4. The molecule has 4 nitrogen and oxygen atoms in total. The summed E-state index contributed by atoms with van der Waals surface area (Å²) in [6.07, 6.45) is 7.31. The molecule has 3 aliphatic rings. The van der Waals surface area contributed by atoms with Crippen molar-refractivity contribution < 1.29 is 9.47 Å². The van der Waals surface area contributed by atoms with Crippen LogP contribution in [0.25, 0.3) is 0 Å². The Bertz CT molecular complexity index is 597. The van der Waals surface area contributed by atoms with Gasteiger partial charge in [-0.3, -0.25) is 4.90 Å². The van der Waals surface area contributed by atoms with Crippen molar-refractivity contribution in [2.45, 2.75) is 43.8 Å². The molecule has 2 aliphatic heterocycles. The maximum absolute atomic E-state index is 5.57. The van der Waals surface area contributed by atoms with Gasteiger partial charge in [-0.25, -0.2) is 0 Å². The van der Waals surface area contributed by atoms with Crippen LogP contribution >= 0.6 is 0 Å². The number of nitrogens with zero attached hydrogens (tertiary/aromatic N) is 1. The number of hydrogen-bond acceptors (Lipinski definition) is 4. The van der Waals surface area contributed by atoms with Gasteiger partial charge in [0.05, 0.1) is 26.4 Å². The highest BCUT2D eigenvalue weighted by atomic mass is 16.5. The van der Waals surface area contributed by atoms with Crippen LogP contribution in [-0.4, -0.2) is 50.4 Å². The summed E-state index contributed by atoms with van der Waals surface area (Å²) < 4.78 is 11.0. The van der Waals surface area contributed by atoms with Crippen molar-refractivity contribution in [1.82, 2.24) is 10.2 Å². The molecule has 2 fully saturated rings. The first-order chi connectivity index (χ1) is 11.8. The standard InChI is InChI=1S/C20H28N2O2/c1-23-18-6-2-5-16(12-18)20-19(9-10-22(20)17-7-8-17)21-13-15-4-3-11-24-14-15/h2,4-6,12,17,19-21H,3,7-11,13-14H2,1H3/t19-,20-/m0/s1. The van der Waals surface area contributed by atoms with Crippen LogP contribution in [-0.2, 0) is 4.74 Å². The van der Waals surface area contributed by atoms with E-state index in [1.165, 1.54) is 36.9 Å². The predicted molar refractivity (Wildman–Crippen MR) is 95.4 cm³/mol. The predicted octanol–water partition coefficient (Wildman–Crippen LogP) is 2.91. The Morgan fingerprint density at radius 2 is 2.21 bits per heavy atom. The van der Waals surface area contributed by atoms with Crippen molar-refractivity contribution in [3.05, 3.63) is 41.5 Å². The summed E-state index contributed by atoms with van der Waals surface area (Å²) in [4.78, 5) is 2.71. The molecule has 0 aromatic heterocycles. The van der Waals surface area contributed by atoms with Crippen LogP contribution < -0.4 is 10.1 Å². The molecule has 1 aromatic rings. The molecule has 0 spiro atoms. The van der Waals surface area contributed by atoms with E-state index in [0.717, 1.165) is 38.0 Å². The second-order valence-electron chi connectivity index (χ2n) is 7.17. The highest BCUT2D eigenvalue weighted by Crippen LogP contribution is 2.41. The third kappa shape index (κ3) is 3.51. The Balaban J connectivity index is 1.50. The number of hydrogen-bond donors (Lipinski definition) is 1. The molecule has 0 bridgehead atoms. The average molecular weight is 328 g/mol. The molecule has 0 radical (unpaired) electrons. The molecule has 1 N–H and O–H groups in total. The van der Waals surface area contributed by atoms with E-state index in [4.69, 9.17) is 9.47 Å². The highest BCUT2D eigenvalue weighted by Gasteiger charge is 2.42. The van der Waals surface area contributed by atoms with Crippen LogP contribution in [0, 0.1) is 0 Å². The van der Waals surface area contributed by atoms with Gasteiger partial charge in [-0.15, -0.1) is 0 Å². The Labute approximate surface area is 144 Å². The molecule has 0 unspecified atom stereocenters. The molecule has 1 aromatic carbocycles. The lowest BCUT2D eigenvalue weighted by molar-refractivity contribution is 0.148. The van der Waals surface area contributed by atoms with Gasteiger partial charge >= 0.3 is 0 Å². The highest BCUT2D eigenvalue weighted by molar-refractivity contribution is 5.32. The summed E-state index contributed by atoms with van der Waals surface area (Å²) in [6.45, 7) is 3.80. The maximum Gasteiger partial charge on any atom is 0.119 e. The Morgan fingerprint density at radius 1 is 1.29 bits per heavy atom. The molecule has 1 aliphatic carbocycles. The quantitative estimate of drug-likeness (QED) is 0.814. The molecule has 1 saturated heterocycles. The third-order valence-corrected chi connectivity index (χ3v) is 5.46. The normalized spacial score (nSPS) is 28.0. The minimum atomic E-state index is 0.456. The molecule has 1 saturated carbocycles. The van der Waals surface area contributed by atoms with Gasteiger partial charge in [0, 0.05) is 25.2 Å². The lowest BCUT2D eigenvalue weighted by atomic mass is 9.99. The largest absolute Gasteiger partial charge is 0.497 e. The first-order valence-electron chi connectivity index (χ1n) is 9.24. The minimum Gasteiger partial charge on any atom is -0.497 e. The summed E-state index contributed by atoms with van der Waals surface area (Å²) >= 11 is 0. The van der Waals surface area contributed by atoms with Crippen molar-refractivity contribution >= 4 is 0 Å². The van der Waals surface area contributed by atoms with Gasteiger partial charge < -0.3 is 14.8 Å². The fraction of sp³-hybridized carbons (Fsp3) is 0.600. The molecule has 2 atom stereocenters. The van der Waals surface area contributed by atoms with Gasteiger partial charge in [0.15, 0.2) is 0 Å². The number of likely N-dealkylation sites (tertiary alicyclic amines) is 1. The topological polar surface area (TPSA) is 33.7 Å². The minimum absolute atomic E-state index is 0.456. The van der Waals surface area contributed by atoms with E-state index < -0.39 is 0 Å². The molecular weight excluding hydrogens is 300 g/mol. The number of nitrogens with one attached hydrogen (secondary N) is 1. The number of rotatable bonds is 6. The fourth-order valence-electron chi connectivity index (χ4n) is 4.09. The Kier molecular flexibility index (Phi) is 4.88. The number of methoxy groups -OCH3 is 1. The summed E-state index contributed by atoms with van der Waals surface area (Å²) in [7, 11) is 1.75. The van der Waals surface area contributed by atoms with E-state index in [1.54, 1.807) is 7.11 Å². The van der Waals surface area contributed by atoms with Gasteiger partial charge in [-0.2, -0.15) is 0 Å². The SMILES string of the molecule is COc1cccc([C@H]2[C@@H](NCC3=CCCOC3)CCN2C2CC2)c1. The summed E-state index contributed by atoms with van der Waals surface area (Å²) in [5.74, 6) is 0.956. The summed E-state index contributed by atoms with van der Waals surface area (Å²) in [5.41, 5.74) is 2.78. The second-order valence-corrected chi connectivity index (χ2v) is 7.17. The molecule has 24 heavy (non-hydrogen) atoms. The molecule has 4 heteroatoms. The Morgan fingerprint density at radius 3 is 2.96 bits per heavy atom. The van der Waals surface area contributed by atoms with Crippen molar-refractivity contribution in [3.63, 3.8) is 0 Å². The monoisotopic (exact) mass is 328 g/mol. The van der Waals surface area contributed by atoms with E-state index in [9.17, 15) is 0 Å². The van der Waals surface area contributed by atoms with Gasteiger partial charge in [0.2, 0.25) is 0 Å². The second kappa shape index (κ2) is 7.26. The zero-order valence-corrected chi connectivity index (χ0v) is 14.5. The first-order valence-corrected chi connectivity index (χ1v) is 9.24. The molecule has 4 rings (SSSR count). The molecule has 0 amide bonds. The zero-order valence-electron chi connectivity index (χ0n) is 14.5. The van der Waals surface area contributed by atoms with Gasteiger partial charge in [-0.05, 0) is 49.0 Å². The van der Waals surface area contributed by atoms with E-state index >= 15 is 0 Å². The fourth-order valence-corrected chi connectivity index (χ4v) is 4.09. The summed E-state index contributed by atoms with van der Waals surface area (Å²) in [6, 6.07) is 10.4. The van der Waals surface area contributed by atoms with Crippen LogP contribution in [0.5, 0.6) is 5.75 Å². The molecule has 2 heterocycles. The third-order valence-electron chi connectivity index (χ3n) is 5.46. The van der Waals surface area contributed by atoms with Crippen LogP contribution in [0.2, 0.25) is 0 Å². The van der Waals surface area contributed by atoms with Crippen LogP contribution in [0.15, 0.2) is 35.9 Å². The van der Waals surface area contributed by atoms with Gasteiger partial charge in [0.1, 0.15) is 5.75 Å². The van der Waals surface area contributed by atoms with Crippen molar-refractivity contribution in [1.29, 1.82) is 0 Å². The summed E-state index contributed by atoms with van der Waals surface area (Å²) in [5, 5.41) is 3.82. The number of ether oxygens (including phenoxy) is 2.